The lowest BCUT2D eigenvalue weighted by molar-refractivity contribution is -0.144. The molecule has 16 heavy (non-hydrogen) atoms. The molecule has 0 saturated heterocycles. The summed E-state index contributed by atoms with van der Waals surface area (Å²) in [5, 5.41) is 0. The molecule has 0 spiro atoms. The van der Waals surface area contributed by atoms with Crippen molar-refractivity contribution < 1.29 is 9.53 Å². The highest BCUT2D eigenvalue weighted by Gasteiger charge is 2.30. The third-order valence-corrected chi connectivity index (χ3v) is 3.04. The Bertz CT molecular complexity index is 434. The largest absolute Gasteiger partial charge is 0.454 e. The Hall–Kier alpha value is -1.57. The highest BCUT2D eigenvalue weighted by atomic mass is 16.5. The maximum absolute atomic E-state index is 11.5. The lowest BCUT2D eigenvalue weighted by Crippen LogP contribution is -2.09. The fourth-order valence-corrected chi connectivity index (χ4v) is 2.17. The van der Waals surface area contributed by atoms with Crippen molar-refractivity contribution in [2.24, 2.45) is 0 Å². The Labute approximate surface area is 95.9 Å². The Balaban J connectivity index is 2.21. The van der Waals surface area contributed by atoms with E-state index in [1.807, 2.05) is 18.2 Å². The van der Waals surface area contributed by atoms with Crippen LogP contribution in [0.3, 0.4) is 0 Å². The van der Waals surface area contributed by atoms with Gasteiger partial charge in [0.2, 0.25) is 0 Å². The first-order chi connectivity index (χ1) is 7.59. The second-order valence-corrected chi connectivity index (χ2v) is 4.44. The third kappa shape index (κ3) is 1.87. The van der Waals surface area contributed by atoms with Gasteiger partial charge in [-0.25, -0.2) is 4.79 Å². The zero-order chi connectivity index (χ0) is 11.7. The van der Waals surface area contributed by atoms with Gasteiger partial charge in [0.15, 0.2) is 0 Å². The van der Waals surface area contributed by atoms with Crippen molar-refractivity contribution in [2.45, 2.75) is 32.3 Å². The fourth-order valence-electron chi connectivity index (χ4n) is 2.17. The maximum Gasteiger partial charge on any atom is 0.333 e. The molecule has 0 amide bonds. The molecule has 0 bridgehead atoms. The summed E-state index contributed by atoms with van der Waals surface area (Å²) >= 11 is 0. The van der Waals surface area contributed by atoms with Crippen molar-refractivity contribution in [1.82, 2.24) is 0 Å². The fraction of sp³-hybridized carbons (Fsp3) is 0.357. The summed E-state index contributed by atoms with van der Waals surface area (Å²) in [6.45, 7) is 7.43. The average Bonchev–Trinajstić information content (AvgIpc) is 2.57. The van der Waals surface area contributed by atoms with E-state index in [1.165, 1.54) is 5.56 Å². The molecular weight excluding hydrogens is 200 g/mol. The van der Waals surface area contributed by atoms with E-state index in [4.69, 9.17) is 4.74 Å². The second kappa shape index (κ2) is 4.12. The summed E-state index contributed by atoms with van der Waals surface area (Å²) < 4.78 is 5.43. The molecule has 2 nitrogen and oxygen atoms in total. The first kappa shape index (κ1) is 10.9. The molecular formula is C14H16O2. The van der Waals surface area contributed by atoms with Gasteiger partial charge in [0.05, 0.1) is 0 Å². The molecule has 2 heteroatoms. The van der Waals surface area contributed by atoms with Crippen LogP contribution in [0.1, 0.15) is 43.4 Å². The molecule has 2 unspecified atom stereocenters. The number of ether oxygens (including phenoxy) is 1. The smallest absolute Gasteiger partial charge is 0.333 e. The Morgan fingerprint density at radius 1 is 1.38 bits per heavy atom. The third-order valence-electron chi connectivity index (χ3n) is 3.04. The van der Waals surface area contributed by atoms with Gasteiger partial charge in [-0.2, -0.15) is 0 Å². The lowest BCUT2D eigenvalue weighted by atomic mass is 10.0. The minimum Gasteiger partial charge on any atom is -0.454 e. The Morgan fingerprint density at radius 2 is 2.00 bits per heavy atom. The van der Waals surface area contributed by atoms with Crippen LogP contribution < -0.4 is 0 Å². The van der Waals surface area contributed by atoms with Gasteiger partial charge in [-0.15, -0.1) is 0 Å². The van der Waals surface area contributed by atoms with Crippen molar-refractivity contribution in [3.63, 3.8) is 0 Å². The summed E-state index contributed by atoms with van der Waals surface area (Å²) in [6, 6.07) is 8.15. The number of hydrogen-bond donors (Lipinski definition) is 0. The Kier molecular flexibility index (Phi) is 2.82. The molecule has 0 fully saturated rings. The summed E-state index contributed by atoms with van der Waals surface area (Å²) in [6.07, 6.45) is 0.772. The van der Waals surface area contributed by atoms with Crippen LogP contribution in [0, 0.1) is 0 Å². The van der Waals surface area contributed by atoms with Crippen molar-refractivity contribution in [1.29, 1.82) is 0 Å². The molecule has 1 aliphatic carbocycles. The summed E-state index contributed by atoms with van der Waals surface area (Å²) in [4.78, 5) is 11.5. The molecule has 0 saturated carbocycles. The molecule has 1 aromatic carbocycles. The van der Waals surface area contributed by atoms with Crippen LogP contribution in [0.15, 0.2) is 36.4 Å². The monoisotopic (exact) mass is 216 g/mol. The SMILES string of the molecule is C=C(C)C(=O)OC1CC(C)c2ccccc21. The molecule has 2 atom stereocenters. The maximum atomic E-state index is 11.5. The molecule has 0 aromatic heterocycles. The van der Waals surface area contributed by atoms with Gasteiger partial charge in [0.25, 0.3) is 0 Å². The minimum atomic E-state index is -0.297. The van der Waals surface area contributed by atoms with E-state index in [0.717, 1.165) is 12.0 Å². The van der Waals surface area contributed by atoms with Crippen LogP contribution >= 0.6 is 0 Å². The number of rotatable bonds is 2. The van der Waals surface area contributed by atoms with Gasteiger partial charge in [0, 0.05) is 5.57 Å². The zero-order valence-corrected chi connectivity index (χ0v) is 9.69. The van der Waals surface area contributed by atoms with Crippen LogP contribution in [-0.4, -0.2) is 5.97 Å². The lowest BCUT2D eigenvalue weighted by Gasteiger charge is -2.13. The van der Waals surface area contributed by atoms with Gasteiger partial charge < -0.3 is 4.74 Å². The van der Waals surface area contributed by atoms with Crippen LogP contribution in [0.2, 0.25) is 0 Å². The first-order valence-corrected chi connectivity index (χ1v) is 5.55. The predicted molar refractivity (Wildman–Crippen MR) is 63.1 cm³/mol. The van der Waals surface area contributed by atoms with E-state index in [0.29, 0.717) is 11.5 Å². The van der Waals surface area contributed by atoms with Gasteiger partial charge in [-0.05, 0) is 30.4 Å². The first-order valence-electron chi connectivity index (χ1n) is 5.55. The molecule has 0 N–H and O–H groups in total. The van der Waals surface area contributed by atoms with Gasteiger partial charge in [-0.3, -0.25) is 0 Å². The second-order valence-electron chi connectivity index (χ2n) is 4.44. The average molecular weight is 216 g/mol. The quantitative estimate of drug-likeness (QED) is 0.559. The highest BCUT2D eigenvalue weighted by Crippen LogP contribution is 2.41. The van der Waals surface area contributed by atoms with Gasteiger partial charge >= 0.3 is 5.97 Å². The van der Waals surface area contributed by atoms with Crippen molar-refractivity contribution in [3.05, 3.63) is 47.5 Å². The summed E-state index contributed by atoms with van der Waals surface area (Å²) in [5.41, 5.74) is 2.89. The van der Waals surface area contributed by atoms with Gasteiger partial charge in [0.1, 0.15) is 6.10 Å². The van der Waals surface area contributed by atoms with Crippen LogP contribution in [0.5, 0.6) is 0 Å². The molecule has 1 aliphatic rings. The highest BCUT2D eigenvalue weighted by molar-refractivity contribution is 5.87. The van der Waals surface area contributed by atoms with E-state index >= 15 is 0 Å². The molecule has 1 aromatic rings. The van der Waals surface area contributed by atoms with Crippen LogP contribution in [0.25, 0.3) is 0 Å². The topological polar surface area (TPSA) is 26.3 Å². The zero-order valence-electron chi connectivity index (χ0n) is 9.69. The summed E-state index contributed by atoms with van der Waals surface area (Å²) in [5.74, 6) is 0.160. The van der Waals surface area contributed by atoms with E-state index in [9.17, 15) is 4.79 Å². The van der Waals surface area contributed by atoms with E-state index in [-0.39, 0.29) is 12.1 Å². The van der Waals surface area contributed by atoms with Gasteiger partial charge in [-0.1, -0.05) is 37.8 Å². The Morgan fingerprint density at radius 3 is 2.62 bits per heavy atom. The molecule has 0 aliphatic heterocycles. The van der Waals surface area contributed by atoms with Crippen molar-refractivity contribution in [3.8, 4) is 0 Å². The number of hydrogen-bond acceptors (Lipinski definition) is 2. The molecule has 0 radical (unpaired) electrons. The van der Waals surface area contributed by atoms with Crippen molar-refractivity contribution in [2.75, 3.05) is 0 Å². The minimum absolute atomic E-state index is 0.101. The van der Waals surface area contributed by atoms with Crippen LogP contribution in [0.4, 0.5) is 0 Å². The van der Waals surface area contributed by atoms with E-state index < -0.39 is 0 Å². The molecule has 84 valence electrons. The predicted octanol–water partition coefficient (Wildman–Crippen LogP) is 3.35. The normalized spacial score (nSPS) is 22.6. The van der Waals surface area contributed by atoms with E-state index in [2.05, 4.69) is 19.6 Å². The number of carbonyl (C=O) groups excluding carboxylic acids is 1. The van der Waals surface area contributed by atoms with Crippen molar-refractivity contribution >= 4 is 5.97 Å². The number of carbonyl (C=O) groups is 1. The number of esters is 1. The number of benzene rings is 1. The van der Waals surface area contributed by atoms with E-state index in [1.54, 1.807) is 6.92 Å². The molecule has 2 rings (SSSR count). The summed E-state index contributed by atoms with van der Waals surface area (Å²) in [7, 11) is 0. The van der Waals surface area contributed by atoms with Crippen LogP contribution in [-0.2, 0) is 9.53 Å². The number of fused-ring (bicyclic) bond motifs is 1. The standard InChI is InChI=1S/C14H16O2/c1-9(2)14(15)16-13-8-10(3)11-6-4-5-7-12(11)13/h4-7,10,13H,1,8H2,2-3H3. The molecule has 0 heterocycles.